The highest BCUT2D eigenvalue weighted by Gasteiger charge is 2.22. The van der Waals surface area contributed by atoms with Crippen molar-refractivity contribution in [3.05, 3.63) is 51.5 Å². The van der Waals surface area contributed by atoms with E-state index in [1.807, 2.05) is 6.07 Å². The summed E-state index contributed by atoms with van der Waals surface area (Å²) >= 11 is 7.16. The van der Waals surface area contributed by atoms with Crippen LogP contribution >= 0.6 is 22.9 Å². The van der Waals surface area contributed by atoms with Gasteiger partial charge in [0.2, 0.25) is 0 Å². The van der Waals surface area contributed by atoms with E-state index in [0.717, 1.165) is 11.3 Å². The lowest BCUT2D eigenvalue weighted by atomic mass is 10.1. The number of hydrogen-bond donors (Lipinski definition) is 1. The van der Waals surface area contributed by atoms with E-state index in [9.17, 15) is 10.1 Å². The van der Waals surface area contributed by atoms with E-state index >= 15 is 0 Å². The maximum Gasteiger partial charge on any atom is 0.324 e. The third-order valence-corrected chi connectivity index (χ3v) is 4.22. The lowest BCUT2D eigenvalue weighted by molar-refractivity contribution is -0.380. The summed E-state index contributed by atoms with van der Waals surface area (Å²) in [6, 6.07) is 10.1. The molecule has 0 saturated heterocycles. The van der Waals surface area contributed by atoms with E-state index < -0.39 is 4.92 Å². The minimum absolute atomic E-state index is 0.0186. The summed E-state index contributed by atoms with van der Waals surface area (Å²) < 4.78 is 5.24. The quantitative estimate of drug-likeness (QED) is 0.575. The number of aromatic nitrogens is 1. The molecule has 0 aliphatic heterocycles. The van der Waals surface area contributed by atoms with Crippen LogP contribution in [0.25, 0.3) is 21.8 Å². The van der Waals surface area contributed by atoms with Crippen molar-refractivity contribution in [1.82, 2.24) is 5.16 Å². The Morgan fingerprint density at radius 2 is 2.05 bits per heavy atom. The molecular weight excluding hydrogens is 314 g/mol. The summed E-state index contributed by atoms with van der Waals surface area (Å²) in [5, 5.41) is 15.0. The third-order valence-electron chi connectivity index (χ3n) is 2.86. The molecule has 0 fully saturated rings. The zero-order valence-electron chi connectivity index (χ0n) is 10.4. The van der Waals surface area contributed by atoms with Crippen LogP contribution in [-0.2, 0) is 0 Å². The zero-order valence-corrected chi connectivity index (χ0v) is 12.0. The predicted molar refractivity (Wildman–Crippen MR) is 81.3 cm³/mol. The van der Waals surface area contributed by atoms with Gasteiger partial charge in [-0.3, -0.25) is 10.1 Å². The highest BCUT2D eigenvalue weighted by Crippen LogP contribution is 2.43. The van der Waals surface area contributed by atoms with Crippen LogP contribution in [0.15, 0.2) is 40.9 Å². The summed E-state index contributed by atoms with van der Waals surface area (Å²) in [6.07, 6.45) is 0. The number of hydrogen-bond acceptors (Lipinski definition) is 6. The Morgan fingerprint density at radius 1 is 1.29 bits per heavy atom. The molecule has 106 valence electrons. The fraction of sp³-hybridized carbons (Fsp3) is 0. The van der Waals surface area contributed by atoms with Crippen LogP contribution in [0, 0.1) is 10.1 Å². The van der Waals surface area contributed by atoms with Crippen LogP contribution < -0.4 is 5.73 Å². The van der Waals surface area contributed by atoms with Gasteiger partial charge in [-0.05, 0) is 12.1 Å². The number of benzene rings is 1. The first kappa shape index (κ1) is 13.6. The van der Waals surface area contributed by atoms with Gasteiger partial charge in [0.15, 0.2) is 11.6 Å². The van der Waals surface area contributed by atoms with Crippen LogP contribution in [-0.4, -0.2) is 10.1 Å². The molecule has 3 rings (SSSR count). The average molecular weight is 322 g/mol. The second kappa shape index (κ2) is 5.19. The van der Waals surface area contributed by atoms with Crippen molar-refractivity contribution in [3.8, 4) is 21.8 Å². The van der Waals surface area contributed by atoms with Crippen LogP contribution in [0.1, 0.15) is 0 Å². The van der Waals surface area contributed by atoms with Gasteiger partial charge in [-0.2, -0.15) is 0 Å². The number of nitrogens with zero attached hydrogens (tertiary/aromatic N) is 2. The number of thiophene rings is 1. The Balaban J connectivity index is 2.17. The molecule has 2 heterocycles. The molecule has 0 atom stereocenters. The number of halogens is 1. The summed E-state index contributed by atoms with van der Waals surface area (Å²) in [6.45, 7) is 0. The molecule has 0 aliphatic carbocycles. The Kier molecular flexibility index (Phi) is 3.36. The number of rotatable bonds is 3. The van der Waals surface area contributed by atoms with Crippen molar-refractivity contribution in [2.45, 2.75) is 0 Å². The number of nitrogens with two attached hydrogens (primary N) is 1. The molecule has 0 spiro atoms. The first-order valence-corrected chi connectivity index (χ1v) is 7.02. The van der Waals surface area contributed by atoms with Crippen molar-refractivity contribution >= 4 is 33.8 Å². The summed E-state index contributed by atoms with van der Waals surface area (Å²) in [7, 11) is 0. The molecule has 2 aromatic heterocycles. The van der Waals surface area contributed by atoms with Gasteiger partial charge in [0.1, 0.15) is 0 Å². The third kappa shape index (κ3) is 2.37. The fourth-order valence-electron chi connectivity index (χ4n) is 1.94. The van der Waals surface area contributed by atoms with Gasteiger partial charge in [0.05, 0.1) is 15.4 Å². The molecule has 1 aromatic carbocycles. The van der Waals surface area contributed by atoms with E-state index in [-0.39, 0.29) is 10.8 Å². The molecule has 0 bridgehead atoms. The standard InChI is InChI=1S/C13H8ClN3O3S/c14-8-4-2-1-3-7(8)11-12(20-16-13(11)15)9-5-6-10(21-9)17(18)19/h1-6H,(H2,15,16). The van der Waals surface area contributed by atoms with E-state index in [4.69, 9.17) is 21.9 Å². The molecule has 0 saturated carbocycles. The Hall–Kier alpha value is -2.38. The molecule has 21 heavy (non-hydrogen) atoms. The Morgan fingerprint density at radius 3 is 2.71 bits per heavy atom. The van der Waals surface area contributed by atoms with Gasteiger partial charge in [-0.25, -0.2) is 0 Å². The van der Waals surface area contributed by atoms with Gasteiger partial charge in [-0.1, -0.05) is 46.3 Å². The molecule has 2 N–H and O–H groups in total. The van der Waals surface area contributed by atoms with E-state index in [1.165, 1.54) is 6.07 Å². The van der Waals surface area contributed by atoms with Crippen molar-refractivity contribution < 1.29 is 9.45 Å². The summed E-state index contributed by atoms with van der Waals surface area (Å²) in [5.41, 5.74) is 7.06. The second-order valence-electron chi connectivity index (χ2n) is 4.15. The molecule has 8 heteroatoms. The van der Waals surface area contributed by atoms with Crippen LogP contribution in [0.3, 0.4) is 0 Å². The van der Waals surface area contributed by atoms with Crippen molar-refractivity contribution in [3.63, 3.8) is 0 Å². The topological polar surface area (TPSA) is 95.2 Å². The molecule has 0 aliphatic rings. The lowest BCUT2D eigenvalue weighted by Crippen LogP contribution is -1.89. The molecule has 0 amide bonds. The van der Waals surface area contributed by atoms with Gasteiger partial charge in [0.25, 0.3) is 0 Å². The predicted octanol–water partition coefficient (Wildman–Crippen LogP) is 4.21. The van der Waals surface area contributed by atoms with Crippen molar-refractivity contribution in [1.29, 1.82) is 0 Å². The smallest absolute Gasteiger partial charge is 0.324 e. The second-order valence-corrected chi connectivity index (χ2v) is 5.62. The van der Waals surface area contributed by atoms with Gasteiger partial charge in [-0.15, -0.1) is 0 Å². The number of anilines is 1. The monoisotopic (exact) mass is 321 g/mol. The van der Waals surface area contributed by atoms with Crippen molar-refractivity contribution in [2.24, 2.45) is 0 Å². The number of nitro groups is 1. The molecule has 3 aromatic rings. The van der Waals surface area contributed by atoms with E-state index in [0.29, 0.717) is 26.8 Å². The molecule has 0 unspecified atom stereocenters. The van der Waals surface area contributed by atoms with Gasteiger partial charge in [0, 0.05) is 16.7 Å². The number of nitrogen functional groups attached to an aromatic ring is 1. The largest absolute Gasteiger partial charge is 0.380 e. The van der Waals surface area contributed by atoms with Gasteiger partial charge < -0.3 is 10.3 Å². The highest BCUT2D eigenvalue weighted by molar-refractivity contribution is 7.18. The normalized spacial score (nSPS) is 10.7. The minimum Gasteiger partial charge on any atom is -0.380 e. The van der Waals surface area contributed by atoms with Gasteiger partial charge >= 0.3 is 5.00 Å². The summed E-state index contributed by atoms with van der Waals surface area (Å²) in [5.74, 6) is 0.563. The first-order chi connectivity index (χ1) is 10.1. The fourth-order valence-corrected chi connectivity index (χ4v) is 2.98. The molecule has 6 nitrogen and oxygen atoms in total. The van der Waals surface area contributed by atoms with Crippen LogP contribution in [0.5, 0.6) is 0 Å². The zero-order chi connectivity index (χ0) is 15.0. The maximum absolute atomic E-state index is 10.8. The molecular formula is C13H8ClN3O3S. The van der Waals surface area contributed by atoms with E-state index in [1.54, 1.807) is 24.3 Å². The lowest BCUT2D eigenvalue weighted by Gasteiger charge is -2.03. The van der Waals surface area contributed by atoms with E-state index in [2.05, 4.69) is 5.16 Å². The maximum atomic E-state index is 10.8. The average Bonchev–Trinajstić information content (AvgIpc) is 3.06. The summed E-state index contributed by atoms with van der Waals surface area (Å²) in [4.78, 5) is 10.9. The SMILES string of the molecule is Nc1noc(-c2ccc([N+](=O)[O-])s2)c1-c1ccccc1Cl. The highest BCUT2D eigenvalue weighted by atomic mass is 35.5. The first-order valence-electron chi connectivity index (χ1n) is 5.82. The minimum atomic E-state index is -0.455. The van der Waals surface area contributed by atoms with Crippen LogP contribution in [0.2, 0.25) is 5.02 Å². The Bertz CT molecular complexity index is 828. The van der Waals surface area contributed by atoms with Crippen molar-refractivity contribution in [2.75, 3.05) is 5.73 Å². The van der Waals surface area contributed by atoms with Crippen LogP contribution in [0.4, 0.5) is 10.8 Å². The Labute approximate surface area is 127 Å². The molecule has 0 radical (unpaired) electrons.